The fourth-order valence-corrected chi connectivity index (χ4v) is 4.00. The molecule has 184 valence electrons. The average Bonchev–Trinajstić information content (AvgIpc) is 2.76. The molecule has 1 rings (SSSR count). The molecule has 1 aromatic rings. The van der Waals surface area contributed by atoms with E-state index in [1.165, 1.54) is 12.1 Å². The van der Waals surface area contributed by atoms with Crippen LogP contribution in [0.25, 0.3) is 0 Å². The molecule has 33 heavy (non-hydrogen) atoms. The quantitative estimate of drug-likeness (QED) is 0.140. The predicted molar refractivity (Wildman–Crippen MR) is 140 cm³/mol. The highest BCUT2D eigenvalue weighted by atomic mass is 19.1. The molecule has 0 amide bonds. The highest BCUT2D eigenvalue weighted by Crippen LogP contribution is 2.21. The lowest BCUT2D eigenvalue weighted by Gasteiger charge is -2.16. The Morgan fingerprint density at radius 1 is 1.12 bits per heavy atom. The standard InChI is InChI=1S/C28H43F2N3/c1-6-10-25(20-32-5)21-33-16-14-23(13-15-31-4)11-8-7-9-12-24-18-27(29)26(17-22(2)3)28(30)19-24/h18-21,23,31H,2,5-17H2,1,3-4H3/b25-20-,33-21?. The largest absolute Gasteiger partial charge is 0.320 e. The number of nitrogens with one attached hydrogen (secondary N) is 1. The maximum atomic E-state index is 14.2. The number of aliphatic imine (C=N–C) groups is 2. The number of hydrogen-bond acceptors (Lipinski definition) is 3. The molecule has 0 aliphatic heterocycles. The molecule has 0 saturated carbocycles. The van der Waals surface area contributed by atoms with Crippen molar-refractivity contribution in [2.75, 3.05) is 20.1 Å². The SMILES string of the molecule is C=N/C=C(\C=NCCC(CCCCCc1cc(F)c(CC(=C)C)c(F)c1)CCNC)CCC. The van der Waals surface area contributed by atoms with Gasteiger partial charge in [-0.15, -0.1) is 0 Å². The van der Waals surface area contributed by atoms with Gasteiger partial charge in [0.25, 0.3) is 0 Å². The van der Waals surface area contributed by atoms with Gasteiger partial charge in [0.2, 0.25) is 0 Å². The molecule has 0 bridgehead atoms. The summed E-state index contributed by atoms with van der Waals surface area (Å²) in [5.74, 6) is -0.287. The van der Waals surface area contributed by atoms with Crippen LogP contribution in [0.4, 0.5) is 8.78 Å². The summed E-state index contributed by atoms with van der Waals surface area (Å²) in [6.07, 6.45) is 13.2. The molecular weight excluding hydrogens is 416 g/mol. The first kappa shape index (κ1) is 28.9. The van der Waals surface area contributed by atoms with E-state index in [1.54, 1.807) is 13.1 Å². The second-order valence-corrected chi connectivity index (χ2v) is 8.99. The van der Waals surface area contributed by atoms with Crippen LogP contribution < -0.4 is 5.32 Å². The van der Waals surface area contributed by atoms with Crippen LogP contribution in [0.1, 0.15) is 76.3 Å². The molecule has 1 unspecified atom stereocenters. The Kier molecular flexibility index (Phi) is 15.2. The van der Waals surface area contributed by atoms with Crippen molar-refractivity contribution < 1.29 is 8.78 Å². The molecule has 0 aliphatic rings. The van der Waals surface area contributed by atoms with Crippen molar-refractivity contribution in [3.8, 4) is 0 Å². The van der Waals surface area contributed by atoms with Gasteiger partial charge >= 0.3 is 0 Å². The second-order valence-electron chi connectivity index (χ2n) is 8.99. The lowest BCUT2D eigenvalue weighted by Crippen LogP contribution is -2.14. The smallest absolute Gasteiger partial charge is 0.129 e. The number of halogens is 2. The van der Waals surface area contributed by atoms with Gasteiger partial charge in [0.1, 0.15) is 11.6 Å². The topological polar surface area (TPSA) is 36.8 Å². The zero-order valence-electron chi connectivity index (χ0n) is 20.9. The van der Waals surface area contributed by atoms with Gasteiger partial charge in [0.15, 0.2) is 0 Å². The Balaban J connectivity index is 2.45. The Labute approximate surface area is 200 Å². The third-order valence-electron chi connectivity index (χ3n) is 5.78. The number of aryl methyl sites for hydroxylation is 1. The molecule has 0 fully saturated rings. The van der Waals surface area contributed by atoms with Crippen molar-refractivity contribution >= 4 is 12.9 Å². The summed E-state index contributed by atoms with van der Waals surface area (Å²) in [6.45, 7) is 13.0. The minimum Gasteiger partial charge on any atom is -0.320 e. The lowest BCUT2D eigenvalue weighted by atomic mass is 9.93. The van der Waals surface area contributed by atoms with Crippen molar-refractivity contribution in [3.63, 3.8) is 0 Å². The van der Waals surface area contributed by atoms with Gasteiger partial charge in [-0.3, -0.25) is 9.98 Å². The molecular formula is C28H43F2N3. The minimum absolute atomic E-state index is 0.124. The number of unbranched alkanes of at least 4 members (excludes halogenated alkanes) is 2. The van der Waals surface area contributed by atoms with Gasteiger partial charge in [-0.25, -0.2) is 8.78 Å². The zero-order valence-corrected chi connectivity index (χ0v) is 20.9. The zero-order chi connectivity index (χ0) is 24.5. The van der Waals surface area contributed by atoms with E-state index in [-0.39, 0.29) is 12.0 Å². The van der Waals surface area contributed by atoms with Crippen LogP contribution in [0, 0.1) is 17.6 Å². The molecule has 0 heterocycles. The number of nitrogens with zero attached hydrogens (tertiary/aromatic N) is 2. The minimum atomic E-state index is -0.457. The van der Waals surface area contributed by atoms with Crippen LogP contribution in [0.3, 0.4) is 0 Å². The number of hydrogen-bond donors (Lipinski definition) is 1. The van der Waals surface area contributed by atoms with Crippen LogP contribution in [-0.4, -0.2) is 33.1 Å². The summed E-state index contributed by atoms with van der Waals surface area (Å²) in [6, 6.07) is 2.97. The van der Waals surface area contributed by atoms with E-state index in [2.05, 4.69) is 35.5 Å². The molecule has 1 atom stereocenters. The van der Waals surface area contributed by atoms with Crippen LogP contribution in [0.5, 0.6) is 0 Å². The van der Waals surface area contributed by atoms with Crippen LogP contribution in [0.15, 0.2) is 46.0 Å². The first-order valence-electron chi connectivity index (χ1n) is 12.3. The van der Waals surface area contributed by atoms with Crippen molar-refractivity contribution in [2.45, 2.75) is 78.1 Å². The van der Waals surface area contributed by atoms with Crippen molar-refractivity contribution in [2.24, 2.45) is 15.9 Å². The summed E-state index contributed by atoms with van der Waals surface area (Å²) < 4.78 is 28.5. The van der Waals surface area contributed by atoms with E-state index in [0.717, 1.165) is 81.2 Å². The maximum Gasteiger partial charge on any atom is 0.129 e. The van der Waals surface area contributed by atoms with Gasteiger partial charge in [-0.2, -0.15) is 0 Å². The number of benzene rings is 1. The summed E-state index contributed by atoms with van der Waals surface area (Å²) in [7, 11) is 1.99. The fourth-order valence-electron chi connectivity index (χ4n) is 4.00. The molecule has 3 nitrogen and oxygen atoms in total. The monoisotopic (exact) mass is 459 g/mol. The molecule has 0 radical (unpaired) electrons. The van der Waals surface area contributed by atoms with E-state index in [9.17, 15) is 8.78 Å². The molecule has 0 aromatic heterocycles. The van der Waals surface area contributed by atoms with E-state index >= 15 is 0 Å². The van der Waals surface area contributed by atoms with Crippen molar-refractivity contribution in [1.29, 1.82) is 0 Å². The Morgan fingerprint density at radius 2 is 1.85 bits per heavy atom. The third-order valence-corrected chi connectivity index (χ3v) is 5.78. The molecule has 0 spiro atoms. The van der Waals surface area contributed by atoms with Gasteiger partial charge in [0, 0.05) is 24.5 Å². The fraction of sp³-hybridized carbons (Fsp3) is 0.571. The molecule has 0 saturated heterocycles. The van der Waals surface area contributed by atoms with E-state index < -0.39 is 11.6 Å². The summed E-state index contributed by atoms with van der Waals surface area (Å²) >= 11 is 0. The van der Waals surface area contributed by atoms with Crippen molar-refractivity contribution in [1.82, 2.24) is 5.32 Å². The normalized spacial score (nSPS) is 12.9. The summed E-state index contributed by atoms with van der Waals surface area (Å²) in [5, 5.41) is 3.25. The first-order chi connectivity index (χ1) is 15.9. The van der Waals surface area contributed by atoms with E-state index in [1.807, 2.05) is 13.3 Å². The van der Waals surface area contributed by atoms with Crippen LogP contribution in [-0.2, 0) is 12.8 Å². The second kappa shape index (κ2) is 17.4. The van der Waals surface area contributed by atoms with Gasteiger partial charge in [0.05, 0.1) is 0 Å². The predicted octanol–water partition coefficient (Wildman–Crippen LogP) is 7.26. The Hall–Kier alpha value is -2.14. The van der Waals surface area contributed by atoms with Gasteiger partial charge in [-0.05, 0) is 94.9 Å². The van der Waals surface area contributed by atoms with Crippen molar-refractivity contribution in [3.05, 3.63) is 58.8 Å². The average molecular weight is 460 g/mol. The highest BCUT2D eigenvalue weighted by Gasteiger charge is 2.12. The van der Waals surface area contributed by atoms with Gasteiger partial charge in [-0.1, -0.05) is 44.8 Å². The highest BCUT2D eigenvalue weighted by molar-refractivity contribution is 5.78. The molecule has 5 heteroatoms. The van der Waals surface area contributed by atoms with E-state index in [0.29, 0.717) is 12.3 Å². The molecule has 1 aromatic carbocycles. The Bertz CT molecular complexity index is 760. The summed E-state index contributed by atoms with van der Waals surface area (Å²) in [5.41, 5.74) is 2.74. The summed E-state index contributed by atoms with van der Waals surface area (Å²) in [4.78, 5) is 8.46. The first-order valence-corrected chi connectivity index (χ1v) is 12.3. The van der Waals surface area contributed by atoms with Crippen LogP contribution >= 0.6 is 0 Å². The number of allylic oxidation sites excluding steroid dienone is 2. The molecule has 0 aliphatic carbocycles. The van der Waals surface area contributed by atoms with Gasteiger partial charge < -0.3 is 5.32 Å². The maximum absolute atomic E-state index is 14.2. The lowest BCUT2D eigenvalue weighted by molar-refractivity contribution is 0.401. The number of rotatable bonds is 18. The third kappa shape index (κ3) is 12.6. The van der Waals surface area contributed by atoms with Crippen LogP contribution in [0.2, 0.25) is 0 Å². The molecule has 1 N–H and O–H groups in total. The Morgan fingerprint density at radius 3 is 2.45 bits per heavy atom. The van der Waals surface area contributed by atoms with E-state index in [4.69, 9.17) is 0 Å².